The Labute approximate surface area is 151 Å². The van der Waals surface area contributed by atoms with Gasteiger partial charge in [0.05, 0.1) is 16.7 Å². The van der Waals surface area contributed by atoms with Gasteiger partial charge in [0.25, 0.3) is 5.91 Å². The van der Waals surface area contributed by atoms with Crippen molar-refractivity contribution in [3.8, 4) is 0 Å². The molecule has 26 heavy (non-hydrogen) atoms. The van der Waals surface area contributed by atoms with Gasteiger partial charge in [-0.1, -0.05) is 12.1 Å². The molecule has 0 atom stereocenters. The predicted octanol–water partition coefficient (Wildman–Crippen LogP) is 3.52. The molecular formula is C20H22N4O2. The molecule has 1 aliphatic carbocycles. The summed E-state index contributed by atoms with van der Waals surface area (Å²) in [5.41, 5.74) is 2.97. The summed E-state index contributed by atoms with van der Waals surface area (Å²) in [4.78, 5) is 27.0. The van der Waals surface area contributed by atoms with Crippen molar-refractivity contribution in [3.63, 3.8) is 0 Å². The maximum atomic E-state index is 12.8. The highest BCUT2D eigenvalue weighted by molar-refractivity contribution is 5.92. The van der Waals surface area contributed by atoms with Crippen LogP contribution in [0, 0.1) is 5.92 Å². The van der Waals surface area contributed by atoms with Gasteiger partial charge >= 0.3 is 0 Å². The average molecular weight is 350 g/mol. The van der Waals surface area contributed by atoms with E-state index in [9.17, 15) is 4.79 Å². The third-order valence-electron chi connectivity index (χ3n) is 5.58. The number of para-hydroxylation sites is 2. The van der Waals surface area contributed by atoms with Gasteiger partial charge in [-0.25, -0.2) is 9.97 Å². The maximum absolute atomic E-state index is 12.8. The van der Waals surface area contributed by atoms with Gasteiger partial charge in [0.15, 0.2) is 6.39 Å². The van der Waals surface area contributed by atoms with E-state index in [1.165, 1.54) is 6.39 Å². The van der Waals surface area contributed by atoms with E-state index in [1.807, 2.05) is 23.1 Å². The van der Waals surface area contributed by atoms with Crippen LogP contribution in [0.3, 0.4) is 0 Å². The van der Waals surface area contributed by atoms with Crippen LogP contribution < -0.4 is 0 Å². The highest BCUT2D eigenvalue weighted by Gasteiger charge is 2.34. The zero-order chi connectivity index (χ0) is 17.5. The Morgan fingerprint density at radius 1 is 1.19 bits per heavy atom. The number of nitrogens with one attached hydrogen (secondary N) is 1. The molecule has 1 aromatic carbocycles. The monoisotopic (exact) mass is 350 g/mol. The summed E-state index contributed by atoms with van der Waals surface area (Å²) in [6.07, 6.45) is 6.58. The molecule has 1 N–H and O–H groups in total. The fraction of sp³-hybridized carbons (Fsp3) is 0.450. The summed E-state index contributed by atoms with van der Waals surface area (Å²) in [5.74, 6) is 2.49. The first kappa shape index (κ1) is 15.6. The van der Waals surface area contributed by atoms with E-state index < -0.39 is 0 Å². The highest BCUT2D eigenvalue weighted by atomic mass is 16.3. The first-order valence-electron chi connectivity index (χ1n) is 9.44. The zero-order valence-corrected chi connectivity index (χ0v) is 14.6. The van der Waals surface area contributed by atoms with E-state index in [4.69, 9.17) is 4.42 Å². The topological polar surface area (TPSA) is 75.0 Å². The minimum Gasteiger partial charge on any atom is -0.438 e. The lowest BCUT2D eigenvalue weighted by molar-refractivity contribution is 0.0656. The highest BCUT2D eigenvalue weighted by Crippen LogP contribution is 2.41. The summed E-state index contributed by atoms with van der Waals surface area (Å²) >= 11 is 0. The lowest BCUT2D eigenvalue weighted by Crippen LogP contribution is -2.39. The fourth-order valence-corrected chi connectivity index (χ4v) is 3.92. The molecule has 0 unspecified atom stereocenters. The second-order valence-electron chi connectivity index (χ2n) is 7.48. The van der Waals surface area contributed by atoms with E-state index in [1.54, 1.807) is 0 Å². The SMILES string of the molecule is O=C(c1ocnc1C1CC1)N1CCC(Cc2nc3ccccc3[nH]2)CC1. The van der Waals surface area contributed by atoms with Crippen LogP contribution in [-0.4, -0.2) is 38.8 Å². The minimum atomic E-state index is 0.00610. The van der Waals surface area contributed by atoms with Crippen molar-refractivity contribution in [2.45, 2.75) is 38.0 Å². The lowest BCUT2D eigenvalue weighted by Gasteiger charge is -2.31. The number of rotatable bonds is 4. The largest absolute Gasteiger partial charge is 0.438 e. The molecule has 2 fully saturated rings. The Hall–Kier alpha value is -2.63. The molecule has 0 spiro atoms. The zero-order valence-electron chi connectivity index (χ0n) is 14.6. The molecule has 2 aliphatic rings. The number of imidazole rings is 1. The van der Waals surface area contributed by atoms with Crippen LogP contribution in [0.4, 0.5) is 0 Å². The second-order valence-corrected chi connectivity index (χ2v) is 7.48. The van der Waals surface area contributed by atoms with E-state index in [-0.39, 0.29) is 5.91 Å². The third-order valence-corrected chi connectivity index (χ3v) is 5.58. The van der Waals surface area contributed by atoms with Crippen molar-refractivity contribution in [3.05, 3.63) is 47.9 Å². The number of carbonyl (C=O) groups is 1. The number of benzene rings is 1. The molecule has 1 saturated carbocycles. The van der Waals surface area contributed by atoms with Crippen LogP contribution in [0.15, 0.2) is 35.1 Å². The summed E-state index contributed by atoms with van der Waals surface area (Å²) in [6.45, 7) is 1.54. The number of hydrogen-bond acceptors (Lipinski definition) is 4. The van der Waals surface area contributed by atoms with Gasteiger partial charge in [0.1, 0.15) is 5.82 Å². The van der Waals surface area contributed by atoms with E-state index in [2.05, 4.69) is 21.0 Å². The summed E-state index contributed by atoms with van der Waals surface area (Å²) in [5, 5.41) is 0. The molecule has 0 bridgehead atoms. The number of fused-ring (bicyclic) bond motifs is 1. The summed E-state index contributed by atoms with van der Waals surface area (Å²) < 4.78 is 5.42. The van der Waals surface area contributed by atoms with Gasteiger partial charge in [-0.15, -0.1) is 0 Å². The molecule has 5 rings (SSSR count). The number of carbonyl (C=O) groups excluding carboxylic acids is 1. The molecule has 1 saturated heterocycles. The van der Waals surface area contributed by atoms with Gasteiger partial charge in [-0.05, 0) is 43.7 Å². The molecule has 3 heterocycles. The number of nitrogens with zero attached hydrogens (tertiary/aromatic N) is 3. The number of hydrogen-bond donors (Lipinski definition) is 1. The molecule has 1 amide bonds. The van der Waals surface area contributed by atoms with Crippen LogP contribution in [0.25, 0.3) is 11.0 Å². The van der Waals surface area contributed by atoms with Crippen molar-refractivity contribution in [2.24, 2.45) is 5.92 Å². The van der Waals surface area contributed by atoms with Gasteiger partial charge < -0.3 is 14.3 Å². The smallest absolute Gasteiger partial charge is 0.291 e. The van der Waals surface area contributed by atoms with E-state index in [0.29, 0.717) is 17.6 Å². The standard InChI is InChI=1S/C20H22N4O2/c25-20(19-18(14-5-6-14)21-12-26-19)24-9-7-13(8-10-24)11-17-22-15-3-1-2-4-16(15)23-17/h1-4,12-14H,5-11H2,(H,22,23). The number of piperidine rings is 1. The van der Waals surface area contributed by atoms with Gasteiger partial charge in [0.2, 0.25) is 5.76 Å². The molecule has 2 aromatic heterocycles. The predicted molar refractivity (Wildman–Crippen MR) is 96.9 cm³/mol. The lowest BCUT2D eigenvalue weighted by atomic mass is 9.93. The molecule has 3 aromatic rings. The van der Waals surface area contributed by atoms with Gasteiger partial charge in [-0.2, -0.15) is 0 Å². The Morgan fingerprint density at radius 3 is 2.77 bits per heavy atom. The van der Waals surface area contributed by atoms with Crippen LogP contribution in [0.5, 0.6) is 0 Å². The molecule has 6 nitrogen and oxygen atoms in total. The van der Waals surface area contributed by atoms with Crippen molar-refractivity contribution in [1.29, 1.82) is 0 Å². The summed E-state index contributed by atoms with van der Waals surface area (Å²) in [6, 6.07) is 8.12. The molecule has 1 aliphatic heterocycles. The first-order valence-corrected chi connectivity index (χ1v) is 9.44. The normalized spacial score (nSPS) is 18.5. The van der Waals surface area contributed by atoms with E-state index >= 15 is 0 Å². The van der Waals surface area contributed by atoms with Crippen molar-refractivity contribution in [2.75, 3.05) is 13.1 Å². The average Bonchev–Trinajstić information content (AvgIpc) is 3.25. The Morgan fingerprint density at radius 2 is 2.00 bits per heavy atom. The number of aromatic amines is 1. The number of amides is 1. The number of aromatic nitrogens is 3. The van der Waals surface area contributed by atoms with Crippen molar-refractivity contribution < 1.29 is 9.21 Å². The van der Waals surface area contributed by atoms with Crippen LogP contribution in [-0.2, 0) is 6.42 Å². The molecule has 6 heteroatoms. The van der Waals surface area contributed by atoms with Crippen LogP contribution in [0.2, 0.25) is 0 Å². The quantitative estimate of drug-likeness (QED) is 0.781. The number of likely N-dealkylation sites (tertiary alicyclic amines) is 1. The van der Waals surface area contributed by atoms with Crippen molar-refractivity contribution in [1.82, 2.24) is 19.9 Å². The van der Waals surface area contributed by atoms with Gasteiger partial charge in [0, 0.05) is 25.4 Å². The third kappa shape index (κ3) is 2.89. The maximum Gasteiger partial charge on any atom is 0.291 e. The molecule has 134 valence electrons. The molecular weight excluding hydrogens is 328 g/mol. The number of oxazole rings is 1. The van der Waals surface area contributed by atoms with E-state index in [0.717, 1.165) is 67.7 Å². The van der Waals surface area contributed by atoms with Crippen molar-refractivity contribution >= 4 is 16.9 Å². The summed E-state index contributed by atoms with van der Waals surface area (Å²) in [7, 11) is 0. The Kier molecular flexibility index (Phi) is 3.76. The molecule has 0 radical (unpaired) electrons. The number of H-pyrrole nitrogens is 1. The second kappa shape index (κ2) is 6.27. The first-order chi connectivity index (χ1) is 12.8. The fourth-order valence-electron chi connectivity index (χ4n) is 3.92. The van der Waals surface area contributed by atoms with Gasteiger partial charge in [-0.3, -0.25) is 4.79 Å². The Bertz CT molecular complexity index is 899. The van der Waals surface area contributed by atoms with Crippen LogP contribution >= 0.6 is 0 Å². The Balaban J connectivity index is 1.21. The van der Waals surface area contributed by atoms with Crippen LogP contribution in [0.1, 0.15) is 53.7 Å². The minimum absolute atomic E-state index is 0.00610.